The number of alkyl carbamates (subject to hydrolysis) is 1. The number of thiophene rings is 1. The minimum atomic E-state index is -0.459. The van der Waals surface area contributed by atoms with Crippen LogP contribution >= 0.6 is 22.7 Å². The predicted molar refractivity (Wildman–Crippen MR) is 140 cm³/mol. The van der Waals surface area contributed by atoms with E-state index in [1.165, 1.54) is 11.3 Å². The Bertz CT molecular complexity index is 1280. The molecule has 0 saturated carbocycles. The molecule has 2 heterocycles. The highest BCUT2D eigenvalue weighted by Crippen LogP contribution is 2.39. The third-order valence-corrected chi connectivity index (χ3v) is 8.03. The number of nitrogens with zero attached hydrogens (tertiary/aromatic N) is 2. The van der Waals surface area contributed by atoms with Crippen molar-refractivity contribution in [1.82, 2.24) is 10.3 Å². The van der Waals surface area contributed by atoms with Gasteiger partial charge in [0.25, 0.3) is 0 Å². The topological polar surface area (TPSA) is 113 Å². The molecule has 188 valence electrons. The van der Waals surface area contributed by atoms with Gasteiger partial charge in [-0.2, -0.15) is 5.26 Å². The minimum Gasteiger partial charge on any atom is -0.497 e. The summed E-state index contributed by atoms with van der Waals surface area (Å²) in [6, 6.07) is 9.92. The number of benzene rings is 1. The van der Waals surface area contributed by atoms with Crippen molar-refractivity contribution < 1.29 is 19.1 Å². The number of aryl methyl sites for hydroxylation is 2. The van der Waals surface area contributed by atoms with Gasteiger partial charge in [0, 0.05) is 16.7 Å². The zero-order valence-corrected chi connectivity index (χ0v) is 21.9. The van der Waals surface area contributed by atoms with Crippen molar-refractivity contribution in [3.8, 4) is 11.8 Å². The fraction of sp³-hybridized carbons (Fsp3) is 0.385. The SMILES string of the molecule is COc1cccc(CCC(=O)Nc2sc3c(c2C#N)CCC(COC(=O)NCc2csc(C)n2)C3)c1. The Labute approximate surface area is 218 Å². The average Bonchev–Trinajstić information content (AvgIpc) is 3.46. The van der Waals surface area contributed by atoms with E-state index < -0.39 is 6.09 Å². The third-order valence-electron chi connectivity index (χ3n) is 6.04. The summed E-state index contributed by atoms with van der Waals surface area (Å²) in [6.45, 7) is 2.57. The van der Waals surface area contributed by atoms with Gasteiger partial charge >= 0.3 is 6.09 Å². The lowest BCUT2D eigenvalue weighted by Gasteiger charge is -2.21. The summed E-state index contributed by atoms with van der Waals surface area (Å²) >= 11 is 2.99. The minimum absolute atomic E-state index is 0.125. The van der Waals surface area contributed by atoms with E-state index in [1.54, 1.807) is 18.4 Å². The first-order valence-electron chi connectivity index (χ1n) is 11.7. The molecular weight excluding hydrogens is 496 g/mol. The highest BCUT2D eigenvalue weighted by Gasteiger charge is 2.27. The normalized spacial score (nSPS) is 14.4. The molecule has 1 aromatic carbocycles. The van der Waals surface area contributed by atoms with Crippen molar-refractivity contribution in [1.29, 1.82) is 5.26 Å². The fourth-order valence-corrected chi connectivity index (χ4v) is 6.12. The lowest BCUT2D eigenvalue weighted by atomic mass is 9.88. The van der Waals surface area contributed by atoms with Crippen molar-refractivity contribution in [3.05, 3.63) is 61.9 Å². The summed E-state index contributed by atoms with van der Waals surface area (Å²) in [5, 5.41) is 18.9. The van der Waals surface area contributed by atoms with Crippen LogP contribution in [-0.2, 0) is 35.3 Å². The maximum Gasteiger partial charge on any atom is 0.407 e. The number of thiazole rings is 1. The number of anilines is 1. The molecule has 0 saturated heterocycles. The maximum atomic E-state index is 12.6. The van der Waals surface area contributed by atoms with Gasteiger partial charge in [0.05, 0.1) is 36.5 Å². The standard InChI is InChI=1S/C26H28N4O4S2/c1-16-29-19(15-35-16)13-28-26(32)34-14-18-6-8-21-22(12-27)25(36-23(21)11-18)30-24(31)9-7-17-4-3-5-20(10-17)33-2/h3-5,10,15,18H,6-9,11,13-14H2,1-2H3,(H,28,32)(H,30,31). The molecule has 0 bridgehead atoms. The Morgan fingerprint density at radius 1 is 1.33 bits per heavy atom. The van der Waals surface area contributed by atoms with Gasteiger partial charge in [-0.3, -0.25) is 4.79 Å². The number of nitrogens with one attached hydrogen (secondary N) is 2. The number of methoxy groups -OCH3 is 1. The maximum absolute atomic E-state index is 12.6. The third kappa shape index (κ3) is 6.62. The molecule has 1 aliphatic rings. The number of aromatic nitrogens is 1. The summed E-state index contributed by atoms with van der Waals surface area (Å²) in [6.07, 6.45) is 2.70. The molecule has 4 rings (SSSR count). The number of hydrogen-bond donors (Lipinski definition) is 2. The average molecular weight is 525 g/mol. The molecule has 1 atom stereocenters. The van der Waals surface area contributed by atoms with E-state index in [0.717, 1.165) is 45.3 Å². The van der Waals surface area contributed by atoms with Crippen molar-refractivity contribution in [2.75, 3.05) is 19.0 Å². The molecule has 2 N–H and O–H groups in total. The number of nitriles is 1. The van der Waals surface area contributed by atoms with Crippen LogP contribution in [0.3, 0.4) is 0 Å². The first-order chi connectivity index (χ1) is 17.4. The molecule has 0 spiro atoms. The number of rotatable bonds is 9. The van der Waals surface area contributed by atoms with Crippen LogP contribution in [0.5, 0.6) is 5.75 Å². The van der Waals surface area contributed by atoms with Crippen LogP contribution in [0.15, 0.2) is 29.6 Å². The fourth-order valence-electron chi connectivity index (χ4n) is 4.17. The van der Waals surface area contributed by atoms with Gasteiger partial charge < -0.3 is 20.1 Å². The summed E-state index contributed by atoms with van der Waals surface area (Å²) in [7, 11) is 1.62. The molecule has 0 radical (unpaired) electrons. The van der Waals surface area contributed by atoms with Crippen LogP contribution in [0.4, 0.5) is 9.80 Å². The van der Waals surface area contributed by atoms with E-state index in [2.05, 4.69) is 21.7 Å². The summed E-state index contributed by atoms with van der Waals surface area (Å²) < 4.78 is 10.7. The Balaban J connectivity index is 1.28. The second-order valence-corrected chi connectivity index (χ2v) is 10.8. The van der Waals surface area contributed by atoms with Crippen molar-refractivity contribution in [3.63, 3.8) is 0 Å². The van der Waals surface area contributed by atoms with Gasteiger partial charge in [-0.1, -0.05) is 12.1 Å². The van der Waals surface area contributed by atoms with E-state index in [0.29, 0.717) is 43.0 Å². The Hall–Kier alpha value is -3.42. The molecule has 36 heavy (non-hydrogen) atoms. The molecule has 10 heteroatoms. The van der Waals surface area contributed by atoms with Gasteiger partial charge in [0.2, 0.25) is 5.91 Å². The zero-order chi connectivity index (χ0) is 25.5. The Morgan fingerprint density at radius 3 is 2.94 bits per heavy atom. The van der Waals surface area contributed by atoms with Crippen LogP contribution in [0.2, 0.25) is 0 Å². The smallest absolute Gasteiger partial charge is 0.407 e. The molecule has 0 fully saturated rings. The van der Waals surface area contributed by atoms with E-state index in [4.69, 9.17) is 9.47 Å². The second-order valence-electron chi connectivity index (χ2n) is 8.64. The summed E-state index contributed by atoms with van der Waals surface area (Å²) in [5.41, 5.74) is 3.40. The van der Waals surface area contributed by atoms with Crippen LogP contribution < -0.4 is 15.4 Å². The van der Waals surface area contributed by atoms with Crippen molar-refractivity contribution in [2.24, 2.45) is 5.92 Å². The molecule has 0 aliphatic heterocycles. The van der Waals surface area contributed by atoms with Crippen LogP contribution in [-0.4, -0.2) is 30.7 Å². The Kier molecular flexibility index (Phi) is 8.57. The van der Waals surface area contributed by atoms with Gasteiger partial charge in [0.15, 0.2) is 0 Å². The van der Waals surface area contributed by atoms with Crippen LogP contribution in [0.25, 0.3) is 0 Å². The first kappa shape index (κ1) is 25.7. The second kappa shape index (κ2) is 12.0. The molecule has 2 aromatic heterocycles. The number of carbonyl (C=O) groups is 2. The number of amides is 2. The monoisotopic (exact) mass is 524 g/mol. The van der Waals surface area contributed by atoms with Gasteiger partial charge in [0.1, 0.15) is 16.8 Å². The molecule has 1 aliphatic carbocycles. The van der Waals surface area contributed by atoms with E-state index >= 15 is 0 Å². The summed E-state index contributed by atoms with van der Waals surface area (Å²) in [4.78, 5) is 30.1. The highest BCUT2D eigenvalue weighted by molar-refractivity contribution is 7.16. The van der Waals surface area contributed by atoms with Gasteiger partial charge in [-0.15, -0.1) is 22.7 Å². The predicted octanol–water partition coefficient (Wildman–Crippen LogP) is 5.00. The zero-order valence-electron chi connectivity index (χ0n) is 20.3. The lowest BCUT2D eigenvalue weighted by molar-refractivity contribution is -0.116. The van der Waals surface area contributed by atoms with Crippen molar-refractivity contribution in [2.45, 2.75) is 45.6 Å². The number of carbonyl (C=O) groups excluding carboxylic acids is 2. The Morgan fingerprint density at radius 2 is 2.19 bits per heavy atom. The van der Waals surface area contributed by atoms with Gasteiger partial charge in [-0.25, -0.2) is 9.78 Å². The molecule has 8 nitrogen and oxygen atoms in total. The number of hydrogen-bond acceptors (Lipinski definition) is 8. The number of ether oxygens (including phenoxy) is 2. The van der Waals surface area contributed by atoms with E-state index in [-0.39, 0.29) is 11.8 Å². The van der Waals surface area contributed by atoms with Gasteiger partial charge in [-0.05, 0) is 61.8 Å². The molecule has 3 aromatic rings. The van der Waals surface area contributed by atoms with Crippen molar-refractivity contribution >= 4 is 39.7 Å². The quantitative estimate of drug-likeness (QED) is 0.407. The molecule has 1 unspecified atom stereocenters. The highest BCUT2D eigenvalue weighted by atomic mass is 32.1. The summed E-state index contributed by atoms with van der Waals surface area (Å²) in [5.74, 6) is 0.808. The van der Waals surface area contributed by atoms with Crippen LogP contribution in [0, 0.1) is 24.2 Å². The lowest BCUT2D eigenvalue weighted by Crippen LogP contribution is -2.27. The van der Waals surface area contributed by atoms with E-state index in [1.807, 2.05) is 36.6 Å². The van der Waals surface area contributed by atoms with Crippen LogP contribution in [0.1, 0.15) is 45.1 Å². The number of fused-ring (bicyclic) bond motifs is 1. The van der Waals surface area contributed by atoms with E-state index in [9.17, 15) is 14.9 Å². The molecule has 2 amide bonds. The largest absolute Gasteiger partial charge is 0.497 e. The molecular formula is C26H28N4O4S2. The first-order valence-corrected chi connectivity index (χ1v) is 13.4.